The van der Waals surface area contributed by atoms with Crippen molar-refractivity contribution in [1.29, 1.82) is 0 Å². The normalized spacial score (nSPS) is 9.92. The smallest absolute Gasteiger partial charge is 0.276 e. The van der Waals surface area contributed by atoms with Crippen molar-refractivity contribution in [1.82, 2.24) is 15.3 Å². The lowest BCUT2D eigenvalue weighted by Crippen LogP contribution is -2.21. The third-order valence-electron chi connectivity index (χ3n) is 1.56. The van der Waals surface area contributed by atoms with Crippen molar-refractivity contribution in [2.75, 3.05) is 31.2 Å². The van der Waals surface area contributed by atoms with Gasteiger partial charge in [0, 0.05) is 13.1 Å². The predicted octanol–water partition coefficient (Wildman–Crippen LogP) is -1.02. The summed E-state index contributed by atoms with van der Waals surface area (Å²) in [5.74, 6) is 0.430. The van der Waals surface area contributed by atoms with Crippen molar-refractivity contribution in [3.05, 3.63) is 16.7 Å². The first-order chi connectivity index (χ1) is 6.25. The van der Waals surface area contributed by atoms with Crippen LogP contribution in [0.3, 0.4) is 0 Å². The van der Waals surface area contributed by atoms with Crippen LogP contribution in [0.1, 0.15) is 0 Å². The highest BCUT2D eigenvalue weighted by Gasteiger charge is 2.01. The van der Waals surface area contributed by atoms with Crippen molar-refractivity contribution in [2.24, 2.45) is 0 Å². The van der Waals surface area contributed by atoms with Gasteiger partial charge in [0.2, 0.25) is 0 Å². The molecule has 0 saturated heterocycles. The molecular weight excluding hydrogens is 170 g/mol. The lowest BCUT2D eigenvalue weighted by molar-refractivity contribution is 0.821. The molecule has 0 aliphatic carbocycles. The van der Waals surface area contributed by atoms with Gasteiger partial charge in [0.25, 0.3) is 5.56 Å². The van der Waals surface area contributed by atoms with E-state index in [9.17, 15) is 4.79 Å². The molecule has 1 aromatic heterocycles. The van der Waals surface area contributed by atoms with Gasteiger partial charge in [-0.3, -0.25) is 4.79 Å². The summed E-state index contributed by atoms with van der Waals surface area (Å²) in [7, 11) is 1.84. The van der Waals surface area contributed by atoms with E-state index in [4.69, 9.17) is 5.73 Å². The molecule has 13 heavy (non-hydrogen) atoms. The average Bonchev–Trinajstić information content (AvgIpc) is 2.13. The molecule has 0 aliphatic heterocycles. The van der Waals surface area contributed by atoms with Crippen LogP contribution >= 0.6 is 0 Å². The number of aromatic amines is 1. The number of aromatic nitrogens is 2. The van der Waals surface area contributed by atoms with Crippen LogP contribution < -0.4 is 21.9 Å². The maximum atomic E-state index is 11.0. The second kappa shape index (κ2) is 4.46. The highest BCUT2D eigenvalue weighted by Crippen LogP contribution is 2.05. The molecule has 0 atom stereocenters. The number of nitrogens with zero attached hydrogens (tertiary/aromatic N) is 1. The zero-order valence-electron chi connectivity index (χ0n) is 7.42. The summed E-state index contributed by atoms with van der Waals surface area (Å²) < 4.78 is 0. The Labute approximate surface area is 75.6 Å². The minimum atomic E-state index is -0.318. The fourth-order valence-corrected chi connectivity index (χ4v) is 0.857. The summed E-state index contributed by atoms with van der Waals surface area (Å²) in [6, 6.07) is 0. The van der Waals surface area contributed by atoms with Crippen molar-refractivity contribution in [3.8, 4) is 0 Å². The Kier molecular flexibility index (Phi) is 3.27. The highest BCUT2D eigenvalue weighted by atomic mass is 16.1. The summed E-state index contributed by atoms with van der Waals surface area (Å²) in [5, 5.41) is 5.89. The third kappa shape index (κ3) is 2.45. The monoisotopic (exact) mass is 183 g/mol. The van der Waals surface area contributed by atoms with E-state index in [1.807, 2.05) is 7.05 Å². The second-order valence-electron chi connectivity index (χ2n) is 2.52. The van der Waals surface area contributed by atoms with E-state index >= 15 is 0 Å². The van der Waals surface area contributed by atoms with Gasteiger partial charge in [-0.2, -0.15) is 0 Å². The highest BCUT2D eigenvalue weighted by molar-refractivity contribution is 5.58. The molecule has 1 aromatic rings. The van der Waals surface area contributed by atoms with E-state index in [0.29, 0.717) is 12.4 Å². The van der Waals surface area contributed by atoms with E-state index < -0.39 is 0 Å². The van der Waals surface area contributed by atoms with Crippen LogP contribution in [0.5, 0.6) is 0 Å². The number of nitrogens with two attached hydrogens (primary N) is 1. The van der Waals surface area contributed by atoms with Gasteiger partial charge in [-0.15, -0.1) is 0 Å². The summed E-state index contributed by atoms with van der Waals surface area (Å²) in [5.41, 5.74) is 5.28. The van der Waals surface area contributed by atoms with Gasteiger partial charge in [0.05, 0.1) is 6.33 Å². The Bertz CT molecular complexity index is 321. The number of anilines is 2. The van der Waals surface area contributed by atoms with Gasteiger partial charge in [-0.25, -0.2) is 4.98 Å². The molecule has 6 heteroatoms. The number of nitrogens with one attached hydrogen (secondary N) is 3. The molecule has 1 rings (SSSR count). The molecule has 0 saturated carbocycles. The first-order valence-electron chi connectivity index (χ1n) is 3.97. The minimum Gasteiger partial charge on any atom is -0.391 e. The quantitative estimate of drug-likeness (QED) is 0.448. The van der Waals surface area contributed by atoms with Crippen molar-refractivity contribution >= 4 is 11.5 Å². The molecule has 6 nitrogen and oxygen atoms in total. The largest absolute Gasteiger partial charge is 0.391 e. The topological polar surface area (TPSA) is 95.8 Å². The molecule has 0 spiro atoms. The molecule has 0 aromatic carbocycles. The maximum absolute atomic E-state index is 11.0. The number of likely N-dealkylation sites (N-methyl/N-ethyl adjacent to an activating group) is 1. The van der Waals surface area contributed by atoms with Crippen LogP contribution in [0.15, 0.2) is 11.1 Å². The van der Waals surface area contributed by atoms with Crippen LogP contribution in [0, 0.1) is 0 Å². The Morgan fingerprint density at radius 1 is 1.62 bits per heavy atom. The van der Waals surface area contributed by atoms with Gasteiger partial charge < -0.3 is 21.4 Å². The fraction of sp³-hybridized carbons (Fsp3) is 0.429. The number of hydrogen-bond acceptors (Lipinski definition) is 5. The minimum absolute atomic E-state index is 0.124. The average molecular weight is 183 g/mol. The van der Waals surface area contributed by atoms with Crippen LogP contribution in [0.2, 0.25) is 0 Å². The standard InChI is InChI=1S/C7H13N5O/c1-9-2-3-10-6-5(8)7(13)12-4-11-6/h4,9H,2-3,8H2,1H3,(H2,10,11,12,13). The number of nitrogen functional groups attached to an aromatic ring is 1. The molecule has 72 valence electrons. The van der Waals surface area contributed by atoms with Gasteiger partial charge >= 0.3 is 0 Å². The van der Waals surface area contributed by atoms with Crippen LogP contribution in [0.25, 0.3) is 0 Å². The van der Waals surface area contributed by atoms with Crippen molar-refractivity contribution in [2.45, 2.75) is 0 Å². The first-order valence-corrected chi connectivity index (χ1v) is 3.97. The van der Waals surface area contributed by atoms with Gasteiger partial charge in [-0.05, 0) is 7.05 Å². The number of H-pyrrole nitrogens is 1. The summed E-state index contributed by atoms with van der Waals surface area (Å²) >= 11 is 0. The van der Waals surface area contributed by atoms with Crippen molar-refractivity contribution in [3.63, 3.8) is 0 Å². The molecule has 0 radical (unpaired) electrons. The number of hydrogen-bond donors (Lipinski definition) is 4. The van der Waals surface area contributed by atoms with E-state index in [0.717, 1.165) is 6.54 Å². The summed E-state index contributed by atoms with van der Waals surface area (Å²) in [4.78, 5) is 17.3. The maximum Gasteiger partial charge on any atom is 0.276 e. The van der Waals surface area contributed by atoms with Crippen molar-refractivity contribution < 1.29 is 0 Å². The molecule has 0 fully saturated rings. The SMILES string of the molecule is CNCCNc1nc[nH]c(=O)c1N. The van der Waals surface area contributed by atoms with E-state index in [2.05, 4.69) is 20.6 Å². The van der Waals surface area contributed by atoms with Gasteiger partial charge in [0.15, 0.2) is 5.82 Å². The molecule has 0 unspecified atom stereocenters. The van der Waals surface area contributed by atoms with E-state index in [1.165, 1.54) is 6.33 Å². The molecular formula is C7H13N5O. The Hall–Kier alpha value is -1.56. The van der Waals surface area contributed by atoms with Crippen LogP contribution in [-0.2, 0) is 0 Å². The zero-order chi connectivity index (χ0) is 9.68. The lowest BCUT2D eigenvalue weighted by Gasteiger charge is -2.05. The van der Waals surface area contributed by atoms with Gasteiger partial charge in [-0.1, -0.05) is 0 Å². The molecule has 0 aliphatic rings. The Morgan fingerprint density at radius 2 is 2.38 bits per heavy atom. The van der Waals surface area contributed by atoms with Crippen LogP contribution in [-0.4, -0.2) is 30.1 Å². The Morgan fingerprint density at radius 3 is 3.08 bits per heavy atom. The van der Waals surface area contributed by atoms with E-state index in [1.54, 1.807) is 0 Å². The van der Waals surface area contributed by atoms with Crippen LogP contribution in [0.4, 0.5) is 11.5 Å². The summed E-state index contributed by atoms with van der Waals surface area (Å²) in [6.07, 6.45) is 1.32. The first kappa shape index (κ1) is 9.53. The van der Waals surface area contributed by atoms with E-state index in [-0.39, 0.29) is 11.2 Å². The fourth-order valence-electron chi connectivity index (χ4n) is 0.857. The van der Waals surface area contributed by atoms with Gasteiger partial charge in [0.1, 0.15) is 5.69 Å². The predicted molar refractivity (Wildman–Crippen MR) is 51.7 cm³/mol. The number of rotatable bonds is 4. The summed E-state index contributed by atoms with van der Waals surface area (Å²) in [6.45, 7) is 1.46. The molecule has 1 heterocycles. The third-order valence-corrected chi connectivity index (χ3v) is 1.56. The lowest BCUT2D eigenvalue weighted by atomic mass is 10.4. The Balaban J connectivity index is 2.66. The molecule has 5 N–H and O–H groups in total. The molecule has 0 amide bonds. The molecule has 0 bridgehead atoms. The second-order valence-corrected chi connectivity index (χ2v) is 2.52. The zero-order valence-corrected chi connectivity index (χ0v) is 7.42.